The van der Waals surface area contributed by atoms with E-state index in [1.165, 1.54) is 4.90 Å². The van der Waals surface area contributed by atoms with Gasteiger partial charge in [-0.05, 0) is 11.6 Å². The molecule has 2 rings (SSSR count). The molecule has 16 heavy (non-hydrogen) atoms. The van der Waals surface area contributed by atoms with Crippen molar-refractivity contribution in [3.05, 3.63) is 17.0 Å². The van der Waals surface area contributed by atoms with Crippen LogP contribution in [0.15, 0.2) is 6.07 Å². The van der Waals surface area contributed by atoms with E-state index in [-0.39, 0.29) is 18.9 Å². The molecule has 1 aliphatic rings. The molecule has 0 bridgehead atoms. The van der Waals surface area contributed by atoms with Crippen LogP contribution in [0.1, 0.15) is 5.69 Å². The molecule has 0 atom stereocenters. The smallest absolute Gasteiger partial charge is 0.389 e. The third-order valence-electron chi connectivity index (χ3n) is 2.16. The SMILES string of the molecule is OC1CN(c2cc(C(F)(F)F)nc(Cl)n2)C1. The fourth-order valence-electron chi connectivity index (χ4n) is 1.36. The van der Waals surface area contributed by atoms with E-state index in [2.05, 4.69) is 9.97 Å². The molecule has 0 unspecified atom stereocenters. The van der Waals surface area contributed by atoms with Gasteiger partial charge < -0.3 is 10.0 Å². The molecule has 1 fully saturated rings. The molecule has 88 valence electrons. The summed E-state index contributed by atoms with van der Waals surface area (Å²) in [7, 11) is 0. The normalized spacial score (nSPS) is 17.4. The van der Waals surface area contributed by atoms with Crippen molar-refractivity contribution >= 4 is 17.4 Å². The zero-order chi connectivity index (χ0) is 11.9. The van der Waals surface area contributed by atoms with E-state index in [4.69, 9.17) is 16.7 Å². The largest absolute Gasteiger partial charge is 0.433 e. The van der Waals surface area contributed by atoms with E-state index in [1.54, 1.807) is 0 Å². The minimum absolute atomic E-state index is 0.0811. The second-order valence-electron chi connectivity index (χ2n) is 3.44. The Bertz CT molecular complexity index is 406. The number of hydrogen-bond donors (Lipinski definition) is 1. The molecular formula is C8H7ClF3N3O. The summed E-state index contributed by atoms with van der Waals surface area (Å²) in [6.07, 6.45) is -5.08. The topological polar surface area (TPSA) is 49.2 Å². The van der Waals surface area contributed by atoms with Crippen LogP contribution in [0, 0.1) is 0 Å². The highest BCUT2D eigenvalue weighted by molar-refractivity contribution is 6.28. The van der Waals surface area contributed by atoms with Gasteiger partial charge >= 0.3 is 6.18 Å². The first-order chi connectivity index (χ1) is 7.36. The molecular weight excluding hydrogens is 247 g/mol. The quantitative estimate of drug-likeness (QED) is 0.767. The number of nitrogens with zero attached hydrogens (tertiary/aromatic N) is 3. The average molecular weight is 254 g/mol. The molecule has 1 aromatic rings. The lowest BCUT2D eigenvalue weighted by molar-refractivity contribution is -0.141. The van der Waals surface area contributed by atoms with Gasteiger partial charge in [-0.1, -0.05) is 0 Å². The zero-order valence-electron chi connectivity index (χ0n) is 7.87. The third-order valence-corrected chi connectivity index (χ3v) is 2.33. The summed E-state index contributed by atoms with van der Waals surface area (Å²) < 4.78 is 37.2. The Hall–Kier alpha value is -1.08. The van der Waals surface area contributed by atoms with Gasteiger partial charge in [0.05, 0.1) is 6.10 Å². The fraction of sp³-hybridized carbons (Fsp3) is 0.500. The first kappa shape index (κ1) is 11.4. The van der Waals surface area contributed by atoms with Crippen molar-refractivity contribution in [1.29, 1.82) is 0 Å². The van der Waals surface area contributed by atoms with Gasteiger partial charge in [-0.2, -0.15) is 13.2 Å². The molecule has 1 aromatic heterocycles. The molecule has 0 radical (unpaired) electrons. The van der Waals surface area contributed by atoms with Crippen LogP contribution in [0.5, 0.6) is 0 Å². The van der Waals surface area contributed by atoms with Gasteiger partial charge in [0.25, 0.3) is 0 Å². The number of alkyl halides is 3. The second-order valence-corrected chi connectivity index (χ2v) is 3.78. The van der Waals surface area contributed by atoms with Crippen LogP contribution in [-0.4, -0.2) is 34.3 Å². The monoisotopic (exact) mass is 253 g/mol. The molecule has 2 heterocycles. The molecule has 8 heteroatoms. The summed E-state index contributed by atoms with van der Waals surface area (Å²) in [6.45, 7) is 0.509. The van der Waals surface area contributed by atoms with Crippen molar-refractivity contribution in [2.45, 2.75) is 12.3 Å². The first-order valence-corrected chi connectivity index (χ1v) is 4.79. The van der Waals surface area contributed by atoms with Crippen molar-refractivity contribution in [2.75, 3.05) is 18.0 Å². The number of hydrogen-bond acceptors (Lipinski definition) is 4. The number of anilines is 1. The van der Waals surface area contributed by atoms with E-state index >= 15 is 0 Å². The molecule has 4 nitrogen and oxygen atoms in total. The van der Waals surface area contributed by atoms with E-state index in [0.717, 1.165) is 6.07 Å². The van der Waals surface area contributed by atoms with E-state index in [1.807, 2.05) is 0 Å². The fourth-order valence-corrected chi connectivity index (χ4v) is 1.53. The molecule has 0 spiro atoms. The summed E-state index contributed by atoms with van der Waals surface area (Å²) in [5.74, 6) is 0.0811. The van der Waals surface area contributed by atoms with E-state index in [9.17, 15) is 13.2 Å². The van der Waals surface area contributed by atoms with Crippen molar-refractivity contribution in [1.82, 2.24) is 9.97 Å². The van der Waals surface area contributed by atoms with Crippen molar-refractivity contribution < 1.29 is 18.3 Å². The van der Waals surface area contributed by atoms with Gasteiger partial charge in [-0.15, -0.1) is 0 Å². The summed E-state index contributed by atoms with van der Waals surface area (Å²) in [6, 6.07) is 0.817. The van der Waals surface area contributed by atoms with E-state index in [0.29, 0.717) is 0 Å². The van der Waals surface area contributed by atoms with Gasteiger partial charge in [0, 0.05) is 19.2 Å². The third kappa shape index (κ3) is 2.19. The van der Waals surface area contributed by atoms with Gasteiger partial charge in [-0.3, -0.25) is 0 Å². The van der Waals surface area contributed by atoms with Crippen LogP contribution in [0.3, 0.4) is 0 Å². The van der Waals surface area contributed by atoms with Crippen molar-refractivity contribution in [2.24, 2.45) is 0 Å². The molecule has 1 aliphatic heterocycles. The Morgan fingerprint density at radius 3 is 2.50 bits per heavy atom. The summed E-state index contributed by atoms with van der Waals surface area (Å²) in [5, 5.41) is 8.59. The maximum Gasteiger partial charge on any atom is 0.433 e. The standard InChI is InChI=1S/C8H7ClF3N3O/c9-7-13-5(8(10,11)12)1-6(14-7)15-2-4(16)3-15/h1,4,16H,2-3H2. The summed E-state index contributed by atoms with van der Waals surface area (Å²) >= 11 is 5.41. The predicted octanol–water partition coefficient (Wildman–Crippen LogP) is 1.33. The Morgan fingerprint density at radius 1 is 1.38 bits per heavy atom. The molecule has 0 aliphatic carbocycles. The molecule has 0 amide bonds. The number of aromatic nitrogens is 2. The maximum atomic E-state index is 12.4. The minimum atomic E-state index is -4.55. The van der Waals surface area contributed by atoms with Gasteiger partial charge in [0.2, 0.25) is 5.28 Å². The van der Waals surface area contributed by atoms with E-state index < -0.39 is 23.3 Å². The van der Waals surface area contributed by atoms with Crippen LogP contribution in [0.2, 0.25) is 5.28 Å². The van der Waals surface area contributed by atoms with Gasteiger partial charge in [-0.25, -0.2) is 9.97 Å². The molecule has 0 saturated carbocycles. The Kier molecular flexibility index (Phi) is 2.67. The maximum absolute atomic E-state index is 12.4. The lowest BCUT2D eigenvalue weighted by Gasteiger charge is -2.36. The highest BCUT2D eigenvalue weighted by Gasteiger charge is 2.35. The first-order valence-electron chi connectivity index (χ1n) is 4.41. The second kappa shape index (κ2) is 3.74. The van der Waals surface area contributed by atoms with Crippen LogP contribution in [0.25, 0.3) is 0 Å². The van der Waals surface area contributed by atoms with Crippen molar-refractivity contribution in [3.63, 3.8) is 0 Å². The zero-order valence-corrected chi connectivity index (χ0v) is 8.63. The molecule has 1 saturated heterocycles. The summed E-state index contributed by atoms with van der Waals surface area (Å²) in [5.41, 5.74) is -1.08. The predicted molar refractivity (Wildman–Crippen MR) is 50.3 cm³/mol. The number of rotatable bonds is 1. The highest BCUT2D eigenvalue weighted by atomic mass is 35.5. The molecule has 0 aromatic carbocycles. The van der Waals surface area contributed by atoms with Crippen LogP contribution < -0.4 is 4.90 Å². The average Bonchev–Trinajstić information content (AvgIpc) is 2.10. The van der Waals surface area contributed by atoms with Crippen molar-refractivity contribution in [3.8, 4) is 0 Å². The Labute approximate surface area is 93.7 Å². The highest BCUT2D eigenvalue weighted by Crippen LogP contribution is 2.31. The lowest BCUT2D eigenvalue weighted by atomic mass is 10.2. The summed E-state index contributed by atoms with van der Waals surface area (Å²) in [4.78, 5) is 8.27. The molecule has 1 N–H and O–H groups in total. The number of β-amino-alcohol motifs (C(OH)–C–C–N with tert-alkyl or cyclic N) is 1. The lowest BCUT2D eigenvalue weighted by Crippen LogP contribution is -2.51. The Morgan fingerprint density at radius 2 is 2.00 bits per heavy atom. The Balaban J connectivity index is 2.30. The van der Waals surface area contributed by atoms with Crippen LogP contribution >= 0.6 is 11.6 Å². The van der Waals surface area contributed by atoms with Crippen LogP contribution in [0.4, 0.5) is 19.0 Å². The van der Waals surface area contributed by atoms with Gasteiger partial charge in [0.1, 0.15) is 5.82 Å². The number of aliphatic hydroxyl groups is 1. The number of halogens is 4. The minimum Gasteiger partial charge on any atom is -0.389 e. The van der Waals surface area contributed by atoms with Gasteiger partial charge in [0.15, 0.2) is 5.69 Å². The van der Waals surface area contributed by atoms with Crippen LogP contribution in [-0.2, 0) is 6.18 Å². The number of aliphatic hydroxyl groups excluding tert-OH is 1.